The summed E-state index contributed by atoms with van der Waals surface area (Å²) in [4.78, 5) is 0. The molecule has 0 bridgehead atoms. The van der Waals surface area contributed by atoms with Crippen LogP contribution in [0.1, 0.15) is 32.4 Å². The molecule has 0 heterocycles. The number of hydrogen-bond donors (Lipinski definition) is 0. The number of alkyl halides is 3. The van der Waals surface area contributed by atoms with Gasteiger partial charge in [-0.15, -0.1) is 0 Å². The second-order valence-electron chi connectivity index (χ2n) is 4.37. The minimum Gasteiger partial charge on any atom is -0.491 e. The second-order valence-corrected chi connectivity index (χ2v) is 5.94. The van der Waals surface area contributed by atoms with E-state index in [1.54, 1.807) is 0 Å². The first-order valence-corrected chi connectivity index (χ1v) is 7.20. The molecule has 0 N–H and O–H groups in total. The van der Waals surface area contributed by atoms with Crippen molar-refractivity contribution < 1.29 is 30.5 Å². The molecule has 20 heavy (non-hydrogen) atoms. The van der Waals surface area contributed by atoms with Crippen molar-refractivity contribution in [3.05, 3.63) is 29.8 Å². The highest BCUT2D eigenvalue weighted by molar-refractivity contribution is 7.87. The summed E-state index contributed by atoms with van der Waals surface area (Å²) < 4.78 is 67.8. The lowest BCUT2D eigenvalue weighted by Gasteiger charge is -2.15. The summed E-state index contributed by atoms with van der Waals surface area (Å²) in [6, 6.07) is 5.98. The summed E-state index contributed by atoms with van der Waals surface area (Å²) in [7, 11) is -5.61. The average Bonchev–Trinajstić information content (AvgIpc) is 2.26. The molecule has 0 radical (unpaired) electrons. The summed E-state index contributed by atoms with van der Waals surface area (Å²) in [5.41, 5.74) is -5.13. The van der Waals surface area contributed by atoms with Crippen molar-refractivity contribution in [1.29, 1.82) is 0 Å². The topological polar surface area (TPSA) is 52.6 Å². The van der Waals surface area contributed by atoms with Crippen molar-refractivity contribution in [2.45, 2.75) is 38.5 Å². The van der Waals surface area contributed by atoms with E-state index in [9.17, 15) is 21.6 Å². The van der Waals surface area contributed by atoms with Gasteiger partial charge in [-0.05, 0) is 38.5 Å². The molecule has 1 aromatic carbocycles. The fourth-order valence-corrected chi connectivity index (χ4v) is 1.99. The van der Waals surface area contributed by atoms with Crippen LogP contribution in [-0.2, 0) is 14.3 Å². The van der Waals surface area contributed by atoms with Crippen LogP contribution in [0.15, 0.2) is 24.3 Å². The third kappa shape index (κ3) is 4.38. The SMILES string of the molecule is CC(C)Oc1ccc(C(C)OS(=O)(=O)C(F)(F)F)cc1. The molecule has 4 nitrogen and oxygen atoms in total. The van der Waals surface area contributed by atoms with Gasteiger partial charge in [0.15, 0.2) is 0 Å². The highest BCUT2D eigenvalue weighted by atomic mass is 32.2. The molecular formula is C12H15F3O4S. The van der Waals surface area contributed by atoms with Crippen molar-refractivity contribution >= 4 is 10.1 Å². The van der Waals surface area contributed by atoms with Crippen LogP contribution in [0.5, 0.6) is 5.75 Å². The molecule has 1 aromatic rings. The molecule has 0 aliphatic carbocycles. The maximum atomic E-state index is 12.2. The van der Waals surface area contributed by atoms with Gasteiger partial charge in [-0.3, -0.25) is 4.18 Å². The van der Waals surface area contributed by atoms with E-state index in [-0.39, 0.29) is 6.10 Å². The van der Waals surface area contributed by atoms with Gasteiger partial charge >= 0.3 is 15.6 Å². The zero-order valence-corrected chi connectivity index (χ0v) is 12.0. The largest absolute Gasteiger partial charge is 0.523 e. The summed E-state index contributed by atoms with van der Waals surface area (Å²) in [5, 5.41) is 0. The molecule has 0 aromatic heterocycles. The molecule has 0 aliphatic heterocycles. The van der Waals surface area contributed by atoms with E-state index in [4.69, 9.17) is 4.74 Å². The van der Waals surface area contributed by atoms with Gasteiger partial charge < -0.3 is 4.74 Å². The first kappa shape index (κ1) is 16.8. The third-order valence-electron chi connectivity index (χ3n) is 2.28. The maximum absolute atomic E-state index is 12.2. The van der Waals surface area contributed by atoms with Gasteiger partial charge in [0.25, 0.3) is 0 Å². The number of ether oxygens (including phenoxy) is 1. The summed E-state index contributed by atoms with van der Waals surface area (Å²) in [6.07, 6.45) is -1.28. The zero-order chi connectivity index (χ0) is 15.6. The molecule has 0 amide bonds. The molecule has 0 aliphatic rings. The molecule has 0 saturated heterocycles. The van der Waals surface area contributed by atoms with Crippen LogP contribution >= 0.6 is 0 Å². The molecule has 0 fully saturated rings. The number of halogens is 3. The monoisotopic (exact) mass is 312 g/mol. The fourth-order valence-electron chi connectivity index (χ4n) is 1.39. The Kier molecular flexibility index (Phi) is 5.04. The van der Waals surface area contributed by atoms with Gasteiger partial charge in [-0.2, -0.15) is 21.6 Å². The zero-order valence-electron chi connectivity index (χ0n) is 11.1. The molecule has 114 valence electrons. The lowest BCUT2D eigenvalue weighted by atomic mass is 10.1. The molecule has 1 unspecified atom stereocenters. The van der Waals surface area contributed by atoms with Crippen molar-refractivity contribution in [2.24, 2.45) is 0 Å². The molecular weight excluding hydrogens is 297 g/mol. The highest BCUT2D eigenvalue weighted by Gasteiger charge is 2.48. The average molecular weight is 312 g/mol. The van der Waals surface area contributed by atoms with Crippen LogP contribution in [0, 0.1) is 0 Å². The molecule has 1 atom stereocenters. The van der Waals surface area contributed by atoms with Crippen molar-refractivity contribution in [3.63, 3.8) is 0 Å². The van der Waals surface area contributed by atoms with Crippen molar-refractivity contribution in [3.8, 4) is 5.75 Å². The summed E-state index contributed by atoms with van der Waals surface area (Å²) in [6.45, 7) is 4.88. The first-order chi connectivity index (χ1) is 9.03. The summed E-state index contributed by atoms with van der Waals surface area (Å²) >= 11 is 0. The van der Waals surface area contributed by atoms with E-state index in [0.717, 1.165) is 0 Å². The van der Waals surface area contributed by atoms with E-state index in [1.165, 1.54) is 31.2 Å². The summed E-state index contributed by atoms with van der Waals surface area (Å²) in [5.74, 6) is 0.537. The lowest BCUT2D eigenvalue weighted by molar-refractivity contribution is -0.0569. The quantitative estimate of drug-likeness (QED) is 0.617. The van der Waals surface area contributed by atoms with E-state index in [1.807, 2.05) is 13.8 Å². The Balaban J connectivity index is 2.81. The molecule has 0 spiro atoms. The minimum absolute atomic E-state index is 0.0415. The molecule has 8 heteroatoms. The Morgan fingerprint density at radius 2 is 1.55 bits per heavy atom. The lowest BCUT2D eigenvalue weighted by Crippen LogP contribution is -2.26. The van der Waals surface area contributed by atoms with E-state index < -0.39 is 21.7 Å². The van der Waals surface area contributed by atoms with Crippen LogP contribution < -0.4 is 4.74 Å². The third-order valence-corrected chi connectivity index (χ3v) is 3.38. The number of hydrogen-bond acceptors (Lipinski definition) is 4. The number of benzene rings is 1. The Morgan fingerprint density at radius 1 is 1.05 bits per heavy atom. The van der Waals surface area contributed by atoms with Gasteiger partial charge in [-0.1, -0.05) is 12.1 Å². The standard InChI is InChI=1S/C12H15F3O4S/c1-8(2)18-11-6-4-10(5-7-11)9(3)19-20(16,17)12(13,14)15/h4-9H,1-3H3. The van der Waals surface area contributed by atoms with Gasteiger partial charge in [0.2, 0.25) is 0 Å². The Morgan fingerprint density at radius 3 is 1.95 bits per heavy atom. The Labute approximate surface area is 115 Å². The van der Waals surface area contributed by atoms with Crippen LogP contribution in [0.3, 0.4) is 0 Å². The molecule has 0 saturated carbocycles. The van der Waals surface area contributed by atoms with Gasteiger partial charge in [0.1, 0.15) is 5.75 Å². The Bertz CT molecular complexity index is 535. The van der Waals surface area contributed by atoms with E-state index >= 15 is 0 Å². The van der Waals surface area contributed by atoms with Crippen LogP contribution in [0.25, 0.3) is 0 Å². The van der Waals surface area contributed by atoms with E-state index in [0.29, 0.717) is 11.3 Å². The van der Waals surface area contributed by atoms with Crippen LogP contribution in [-0.4, -0.2) is 20.0 Å². The van der Waals surface area contributed by atoms with Crippen LogP contribution in [0.4, 0.5) is 13.2 Å². The van der Waals surface area contributed by atoms with Gasteiger partial charge in [0, 0.05) is 0 Å². The predicted molar refractivity (Wildman–Crippen MR) is 66.7 cm³/mol. The highest BCUT2D eigenvalue weighted by Crippen LogP contribution is 2.30. The molecule has 1 rings (SSSR count). The Hall–Kier alpha value is -1.28. The van der Waals surface area contributed by atoms with Gasteiger partial charge in [0.05, 0.1) is 12.2 Å². The first-order valence-electron chi connectivity index (χ1n) is 5.79. The van der Waals surface area contributed by atoms with E-state index in [2.05, 4.69) is 4.18 Å². The maximum Gasteiger partial charge on any atom is 0.523 e. The van der Waals surface area contributed by atoms with Crippen molar-refractivity contribution in [2.75, 3.05) is 0 Å². The predicted octanol–water partition coefficient (Wildman–Crippen LogP) is 3.40. The van der Waals surface area contributed by atoms with Crippen LogP contribution in [0.2, 0.25) is 0 Å². The minimum atomic E-state index is -5.61. The number of rotatable bonds is 5. The van der Waals surface area contributed by atoms with Gasteiger partial charge in [-0.25, -0.2) is 0 Å². The normalized spacial score (nSPS) is 14.3. The second kappa shape index (κ2) is 6.01. The smallest absolute Gasteiger partial charge is 0.491 e. The van der Waals surface area contributed by atoms with Crippen molar-refractivity contribution in [1.82, 2.24) is 0 Å². The fraction of sp³-hybridized carbons (Fsp3) is 0.500.